The van der Waals surface area contributed by atoms with E-state index in [1.54, 1.807) is 36.2 Å². The molecule has 132 valence electrons. The molecule has 0 aliphatic rings. The Bertz CT molecular complexity index is 739. The van der Waals surface area contributed by atoms with Crippen molar-refractivity contribution < 1.29 is 14.3 Å². The van der Waals surface area contributed by atoms with Gasteiger partial charge in [-0.15, -0.1) is 0 Å². The largest absolute Gasteiger partial charge is 0.484 e. The molecule has 2 aromatic rings. The van der Waals surface area contributed by atoms with Crippen LogP contribution in [0.1, 0.15) is 22.8 Å². The predicted octanol–water partition coefficient (Wildman–Crippen LogP) is 2.99. The van der Waals surface area contributed by atoms with Crippen molar-refractivity contribution in [3.63, 3.8) is 0 Å². The number of anilines is 1. The zero-order valence-corrected chi connectivity index (χ0v) is 15.2. The maximum atomic E-state index is 12.2. The van der Waals surface area contributed by atoms with Gasteiger partial charge in [0.15, 0.2) is 12.4 Å². The molecule has 5 nitrogen and oxygen atoms in total. The average molecular weight is 340 g/mol. The van der Waals surface area contributed by atoms with Gasteiger partial charge in [0.1, 0.15) is 5.75 Å². The van der Waals surface area contributed by atoms with E-state index in [1.807, 2.05) is 43.3 Å². The second-order valence-corrected chi connectivity index (χ2v) is 6.18. The summed E-state index contributed by atoms with van der Waals surface area (Å²) in [6.07, 6.45) is 0. The van der Waals surface area contributed by atoms with Gasteiger partial charge in [-0.25, -0.2) is 0 Å². The van der Waals surface area contributed by atoms with Gasteiger partial charge in [0.2, 0.25) is 0 Å². The molecule has 0 N–H and O–H groups in total. The highest BCUT2D eigenvalue weighted by molar-refractivity contribution is 5.94. The molecule has 0 aliphatic heterocycles. The molecular weight excluding hydrogens is 316 g/mol. The molecule has 0 radical (unpaired) electrons. The fraction of sp³-hybridized carbons (Fsp3) is 0.300. The molecule has 0 spiro atoms. The summed E-state index contributed by atoms with van der Waals surface area (Å²) in [4.78, 5) is 27.3. The minimum atomic E-state index is -0.120. The highest BCUT2D eigenvalue weighted by atomic mass is 16.5. The number of Topliss-reactive ketones (excluding diaryl/α,β-unsaturated/α-hetero) is 1. The topological polar surface area (TPSA) is 49.9 Å². The van der Waals surface area contributed by atoms with Crippen molar-refractivity contribution >= 4 is 17.4 Å². The number of ketones is 1. The predicted molar refractivity (Wildman–Crippen MR) is 99.2 cm³/mol. The summed E-state index contributed by atoms with van der Waals surface area (Å²) in [5.74, 6) is 0.366. The van der Waals surface area contributed by atoms with Crippen LogP contribution in [0.5, 0.6) is 5.75 Å². The maximum absolute atomic E-state index is 12.2. The number of hydrogen-bond donors (Lipinski definition) is 0. The highest BCUT2D eigenvalue weighted by Crippen LogP contribution is 2.15. The molecule has 0 atom stereocenters. The lowest BCUT2D eigenvalue weighted by molar-refractivity contribution is -0.132. The first kappa shape index (κ1) is 18.5. The molecule has 2 aromatic carbocycles. The molecule has 0 saturated heterocycles. The van der Waals surface area contributed by atoms with Crippen molar-refractivity contribution in [3.8, 4) is 5.75 Å². The van der Waals surface area contributed by atoms with E-state index in [-0.39, 0.29) is 18.3 Å². The normalized spacial score (nSPS) is 10.2. The van der Waals surface area contributed by atoms with Crippen molar-refractivity contribution in [2.75, 3.05) is 32.6 Å². The molecule has 2 rings (SSSR count). The number of likely N-dealkylation sites (N-methyl/N-ethyl adjacent to an activating group) is 1. The zero-order valence-electron chi connectivity index (χ0n) is 15.2. The summed E-state index contributed by atoms with van der Waals surface area (Å²) in [5, 5.41) is 0. The van der Waals surface area contributed by atoms with Gasteiger partial charge in [0, 0.05) is 38.9 Å². The Kier molecular flexibility index (Phi) is 6.17. The Labute approximate surface area is 148 Å². The van der Waals surface area contributed by atoms with Gasteiger partial charge < -0.3 is 14.5 Å². The summed E-state index contributed by atoms with van der Waals surface area (Å²) < 4.78 is 5.52. The van der Waals surface area contributed by atoms with Crippen molar-refractivity contribution in [1.82, 2.24) is 4.90 Å². The lowest BCUT2D eigenvalue weighted by Crippen LogP contribution is -2.31. The number of nitrogens with zero attached hydrogens (tertiary/aromatic N) is 2. The van der Waals surface area contributed by atoms with Crippen LogP contribution in [0, 0.1) is 0 Å². The number of ether oxygens (including phenoxy) is 1. The quantitative estimate of drug-likeness (QED) is 0.727. The van der Waals surface area contributed by atoms with E-state index in [9.17, 15) is 9.59 Å². The number of rotatable bonds is 7. The summed E-state index contributed by atoms with van der Waals surface area (Å²) in [5.41, 5.74) is 2.74. The van der Waals surface area contributed by atoms with Crippen molar-refractivity contribution in [2.45, 2.75) is 13.5 Å². The first-order valence-corrected chi connectivity index (χ1v) is 8.11. The van der Waals surface area contributed by atoms with Crippen LogP contribution in [0.2, 0.25) is 0 Å². The van der Waals surface area contributed by atoms with Crippen LogP contribution in [0.15, 0.2) is 48.5 Å². The van der Waals surface area contributed by atoms with Gasteiger partial charge in [-0.2, -0.15) is 0 Å². The van der Waals surface area contributed by atoms with Gasteiger partial charge in [-0.05, 0) is 36.8 Å². The van der Waals surface area contributed by atoms with Gasteiger partial charge in [-0.1, -0.05) is 24.3 Å². The average Bonchev–Trinajstić information content (AvgIpc) is 2.60. The third-order valence-electron chi connectivity index (χ3n) is 3.90. The Hall–Kier alpha value is -2.82. The highest BCUT2D eigenvalue weighted by Gasteiger charge is 2.11. The fourth-order valence-corrected chi connectivity index (χ4v) is 2.32. The van der Waals surface area contributed by atoms with E-state index < -0.39 is 0 Å². The Morgan fingerprint density at radius 3 is 2.28 bits per heavy atom. The third kappa shape index (κ3) is 5.35. The van der Waals surface area contributed by atoms with Crippen LogP contribution in [0.25, 0.3) is 0 Å². The van der Waals surface area contributed by atoms with Crippen LogP contribution >= 0.6 is 0 Å². The Morgan fingerprint density at radius 2 is 1.68 bits per heavy atom. The number of benzene rings is 2. The monoisotopic (exact) mass is 340 g/mol. The molecule has 0 unspecified atom stereocenters. The minimum absolute atomic E-state index is 0.0323. The fourth-order valence-electron chi connectivity index (χ4n) is 2.32. The van der Waals surface area contributed by atoms with E-state index in [0.717, 1.165) is 11.3 Å². The molecule has 0 heterocycles. The second-order valence-electron chi connectivity index (χ2n) is 6.18. The maximum Gasteiger partial charge on any atom is 0.260 e. The smallest absolute Gasteiger partial charge is 0.260 e. The van der Waals surface area contributed by atoms with Crippen LogP contribution in [-0.2, 0) is 11.3 Å². The second kappa shape index (κ2) is 8.33. The molecule has 0 aliphatic carbocycles. The molecule has 1 amide bonds. The van der Waals surface area contributed by atoms with E-state index in [4.69, 9.17) is 4.74 Å². The van der Waals surface area contributed by atoms with Gasteiger partial charge in [0.25, 0.3) is 5.91 Å². The first-order chi connectivity index (χ1) is 11.9. The molecule has 0 aromatic heterocycles. The number of carbonyl (C=O) groups excluding carboxylic acids is 2. The van der Waals surface area contributed by atoms with Crippen LogP contribution in [-0.4, -0.2) is 44.3 Å². The van der Waals surface area contributed by atoms with Gasteiger partial charge in [0.05, 0.1) is 0 Å². The molecule has 0 saturated carbocycles. The number of amides is 1. The van der Waals surface area contributed by atoms with E-state index in [1.165, 1.54) is 6.92 Å². The standard InChI is InChI=1S/C20H24N2O3/c1-15(23)17-6-5-7-19(12-17)25-14-20(24)22(4)13-16-8-10-18(11-9-16)21(2)3/h5-12H,13-14H2,1-4H3. The van der Waals surface area contributed by atoms with E-state index in [2.05, 4.69) is 0 Å². The summed E-state index contributed by atoms with van der Waals surface area (Å²) in [6.45, 7) is 1.96. The first-order valence-electron chi connectivity index (χ1n) is 8.11. The van der Waals surface area contributed by atoms with Gasteiger partial charge >= 0.3 is 0 Å². The number of hydrogen-bond acceptors (Lipinski definition) is 4. The summed E-state index contributed by atoms with van der Waals surface area (Å²) in [6, 6.07) is 14.9. The molecule has 0 bridgehead atoms. The molecule has 0 fully saturated rings. The van der Waals surface area contributed by atoms with Crippen molar-refractivity contribution in [3.05, 3.63) is 59.7 Å². The summed E-state index contributed by atoms with van der Waals surface area (Å²) >= 11 is 0. The zero-order chi connectivity index (χ0) is 18.4. The molecule has 25 heavy (non-hydrogen) atoms. The molecule has 5 heteroatoms. The Balaban J connectivity index is 1.89. The minimum Gasteiger partial charge on any atom is -0.484 e. The van der Waals surface area contributed by atoms with Crippen molar-refractivity contribution in [1.29, 1.82) is 0 Å². The van der Waals surface area contributed by atoms with E-state index in [0.29, 0.717) is 17.9 Å². The lowest BCUT2D eigenvalue weighted by Gasteiger charge is -2.19. The van der Waals surface area contributed by atoms with Crippen LogP contribution in [0.3, 0.4) is 0 Å². The summed E-state index contributed by atoms with van der Waals surface area (Å²) in [7, 11) is 5.73. The Morgan fingerprint density at radius 1 is 1.00 bits per heavy atom. The number of carbonyl (C=O) groups is 2. The third-order valence-corrected chi connectivity index (χ3v) is 3.90. The van der Waals surface area contributed by atoms with Crippen LogP contribution in [0.4, 0.5) is 5.69 Å². The van der Waals surface area contributed by atoms with E-state index >= 15 is 0 Å². The van der Waals surface area contributed by atoms with Crippen LogP contribution < -0.4 is 9.64 Å². The molecular formula is C20H24N2O3. The van der Waals surface area contributed by atoms with Gasteiger partial charge in [-0.3, -0.25) is 9.59 Å². The SMILES string of the molecule is CC(=O)c1cccc(OCC(=O)N(C)Cc2ccc(N(C)C)cc2)c1. The van der Waals surface area contributed by atoms with Crippen molar-refractivity contribution in [2.24, 2.45) is 0 Å². The lowest BCUT2D eigenvalue weighted by atomic mass is 10.1.